The molecular weight excluding hydrogens is 464 g/mol. The van der Waals surface area contributed by atoms with Crippen LogP contribution in [0.25, 0.3) is 10.8 Å². The molecule has 2 aliphatic heterocycles. The molecule has 0 saturated carbocycles. The largest absolute Gasteiger partial charge is 0.386 e. The van der Waals surface area contributed by atoms with Gasteiger partial charge in [0, 0.05) is 37.9 Å². The van der Waals surface area contributed by atoms with E-state index in [1.54, 1.807) is 6.92 Å². The maximum atomic E-state index is 14.0. The fourth-order valence-electron chi connectivity index (χ4n) is 5.70. The van der Waals surface area contributed by atoms with E-state index in [1.165, 1.54) is 21.4 Å². The van der Waals surface area contributed by atoms with Crippen LogP contribution in [0.4, 0.5) is 5.69 Å². The zero-order valence-corrected chi connectivity index (χ0v) is 22.8. The first kappa shape index (κ1) is 25.8. The number of hydrogen-bond donors (Lipinski definition) is 1. The van der Waals surface area contributed by atoms with Crippen LogP contribution in [-0.4, -0.2) is 64.1 Å². The third-order valence-corrected chi connectivity index (χ3v) is 7.13. The van der Waals surface area contributed by atoms with Gasteiger partial charge in [0.1, 0.15) is 17.9 Å². The van der Waals surface area contributed by atoms with E-state index in [0.29, 0.717) is 24.1 Å². The second-order valence-corrected chi connectivity index (χ2v) is 11.9. The molecule has 0 bridgehead atoms. The standard InChI is InChI=1S/C30H40N4O3/c1-21(2)13-31-16-26-27(33(20-31)14-22(3)4)17-32(28(26)29(35)34-18-30(5,36)19-37-34)15-24-11-8-10-23-9-6-7-12-25(23)24/h6-12,17,21-22,36H,13-16,18-20H2,1-5H3/t30-/m0/s1. The Balaban J connectivity index is 1.61. The van der Waals surface area contributed by atoms with Crippen LogP contribution in [-0.2, 0) is 17.9 Å². The monoisotopic (exact) mass is 504 g/mol. The Labute approximate surface area is 220 Å². The minimum absolute atomic E-state index is 0.115. The number of hydrogen-bond acceptors (Lipinski definition) is 5. The number of fused-ring (bicyclic) bond motifs is 2. The summed E-state index contributed by atoms with van der Waals surface area (Å²) in [6.07, 6.45) is 2.16. The van der Waals surface area contributed by atoms with Gasteiger partial charge in [-0.25, -0.2) is 5.06 Å². The number of benzene rings is 2. The normalized spacial score (nSPS) is 20.4. The number of hydroxylamine groups is 2. The third kappa shape index (κ3) is 5.40. The molecule has 1 N–H and O–H groups in total. The van der Waals surface area contributed by atoms with Crippen LogP contribution in [0.3, 0.4) is 0 Å². The van der Waals surface area contributed by atoms with E-state index in [-0.39, 0.29) is 19.1 Å². The van der Waals surface area contributed by atoms with Crippen molar-refractivity contribution in [3.8, 4) is 0 Å². The SMILES string of the molecule is CC(C)CN1Cc2c(cn(Cc3cccc4ccccc34)c2C(=O)N2C[C@](C)(O)CO2)N(CC(C)C)C1. The molecule has 2 aliphatic rings. The zero-order valence-electron chi connectivity index (χ0n) is 22.8. The third-order valence-electron chi connectivity index (χ3n) is 7.13. The van der Waals surface area contributed by atoms with E-state index in [9.17, 15) is 9.90 Å². The Morgan fingerprint density at radius 3 is 2.49 bits per heavy atom. The maximum Gasteiger partial charge on any atom is 0.294 e. The van der Waals surface area contributed by atoms with Crippen molar-refractivity contribution in [2.75, 3.05) is 37.8 Å². The predicted octanol–water partition coefficient (Wildman–Crippen LogP) is 4.72. The van der Waals surface area contributed by atoms with Gasteiger partial charge in [0.2, 0.25) is 0 Å². The van der Waals surface area contributed by atoms with E-state index >= 15 is 0 Å². The van der Waals surface area contributed by atoms with Crippen LogP contribution >= 0.6 is 0 Å². The highest BCUT2D eigenvalue weighted by atomic mass is 16.7. The van der Waals surface area contributed by atoms with Gasteiger partial charge in [-0.15, -0.1) is 0 Å². The Morgan fingerprint density at radius 2 is 1.78 bits per heavy atom. The zero-order chi connectivity index (χ0) is 26.3. The summed E-state index contributed by atoms with van der Waals surface area (Å²) in [6.45, 7) is 15.0. The molecule has 1 atom stereocenters. The Morgan fingerprint density at radius 1 is 1.05 bits per heavy atom. The van der Waals surface area contributed by atoms with Crippen molar-refractivity contribution < 1.29 is 14.7 Å². The lowest BCUT2D eigenvalue weighted by Crippen LogP contribution is -2.45. The molecule has 2 aromatic carbocycles. The fraction of sp³-hybridized carbons (Fsp3) is 0.500. The highest BCUT2D eigenvalue weighted by Crippen LogP contribution is 2.35. The van der Waals surface area contributed by atoms with Crippen molar-refractivity contribution in [1.29, 1.82) is 0 Å². The molecule has 0 spiro atoms. The van der Waals surface area contributed by atoms with Gasteiger partial charge in [0.25, 0.3) is 5.91 Å². The van der Waals surface area contributed by atoms with Gasteiger partial charge < -0.3 is 14.6 Å². The van der Waals surface area contributed by atoms with Gasteiger partial charge in [0.05, 0.1) is 18.9 Å². The summed E-state index contributed by atoms with van der Waals surface area (Å²) in [5.74, 6) is 0.830. The molecule has 7 heteroatoms. The number of nitrogens with zero attached hydrogens (tertiary/aromatic N) is 4. The van der Waals surface area contributed by atoms with Gasteiger partial charge in [0.15, 0.2) is 0 Å². The molecule has 3 aromatic rings. The molecule has 37 heavy (non-hydrogen) atoms. The number of β-amino-alcohol motifs (C(OH)–C–C–N with tert-alkyl or cyclic N) is 1. The second-order valence-electron chi connectivity index (χ2n) is 11.9. The fourth-order valence-corrected chi connectivity index (χ4v) is 5.70. The van der Waals surface area contributed by atoms with Crippen LogP contribution in [0.1, 0.15) is 56.2 Å². The Kier molecular flexibility index (Phi) is 7.05. The van der Waals surface area contributed by atoms with Crippen molar-refractivity contribution in [1.82, 2.24) is 14.5 Å². The Bertz CT molecular complexity index is 1270. The number of aromatic nitrogens is 1. The molecule has 1 fully saturated rings. The van der Waals surface area contributed by atoms with Crippen molar-refractivity contribution in [3.05, 3.63) is 65.5 Å². The lowest BCUT2D eigenvalue weighted by atomic mass is 10.0. The number of amides is 1. The van der Waals surface area contributed by atoms with E-state index in [1.807, 2.05) is 0 Å². The number of aliphatic hydroxyl groups is 1. The number of carbonyl (C=O) groups is 1. The summed E-state index contributed by atoms with van der Waals surface area (Å²) >= 11 is 0. The average Bonchev–Trinajstić information content (AvgIpc) is 3.38. The summed E-state index contributed by atoms with van der Waals surface area (Å²) in [6, 6.07) is 14.7. The first-order valence-electron chi connectivity index (χ1n) is 13.4. The summed E-state index contributed by atoms with van der Waals surface area (Å²) < 4.78 is 2.11. The summed E-state index contributed by atoms with van der Waals surface area (Å²) in [5.41, 5.74) is 2.96. The predicted molar refractivity (Wildman–Crippen MR) is 147 cm³/mol. The van der Waals surface area contributed by atoms with Crippen molar-refractivity contribution >= 4 is 22.4 Å². The minimum atomic E-state index is -1.05. The molecule has 1 amide bonds. The minimum Gasteiger partial charge on any atom is -0.386 e. The van der Waals surface area contributed by atoms with Crippen LogP contribution in [0.5, 0.6) is 0 Å². The van der Waals surface area contributed by atoms with Gasteiger partial charge in [-0.2, -0.15) is 0 Å². The number of carbonyl (C=O) groups excluding carboxylic acids is 1. The van der Waals surface area contributed by atoms with Crippen molar-refractivity contribution in [2.45, 2.75) is 53.3 Å². The maximum absolute atomic E-state index is 14.0. The van der Waals surface area contributed by atoms with Crippen LogP contribution in [0.2, 0.25) is 0 Å². The molecule has 1 aromatic heterocycles. The van der Waals surface area contributed by atoms with Gasteiger partial charge in [-0.05, 0) is 35.1 Å². The molecular formula is C30H40N4O3. The van der Waals surface area contributed by atoms with Crippen LogP contribution < -0.4 is 4.90 Å². The first-order chi connectivity index (χ1) is 17.6. The van der Waals surface area contributed by atoms with E-state index in [4.69, 9.17) is 4.84 Å². The lowest BCUT2D eigenvalue weighted by Gasteiger charge is -2.38. The van der Waals surface area contributed by atoms with Gasteiger partial charge in [-0.3, -0.25) is 14.5 Å². The second kappa shape index (κ2) is 10.1. The summed E-state index contributed by atoms with van der Waals surface area (Å²) in [4.78, 5) is 24.6. The van der Waals surface area contributed by atoms with E-state index in [2.05, 4.69) is 90.7 Å². The summed E-state index contributed by atoms with van der Waals surface area (Å²) in [5, 5.41) is 14.2. The highest BCUT2D eigenvalue weighted by Gasteiger charge is 2.40. The first-order valence-corrected chi connectivity index (χ1v) is 13.4. The van der Waals surface area contributed by atoms with E-state index in [0.717, 1.165) is 37.6 Å². The smallest absolute Gasteiger partial charge is 0.294 e. The highest BCUT2D eigenvalue weighted by molar-refractivity contribution is 5.96. The molecule has 0 unspecified atom stereocenters. The quantitative estimate of drug-likeness (QED) is 0.505. The topological polar surface area (TPSA) is 61.2 Å². The van der Waals surface area contributed by atoms with Crippen LogP contribution in [0.15, 0.2) is 48.7 Å². The molecule has 198 valence electrons. The molecule has 1 saturated heterocycles. The molecule has 7 nitrogen and oxygen atoms in total. The molecule has 0 radical (unpaired) electrons. The number of rotatable bonds is 7. The van der Waals surface area contributed by atoms with Gasteiger partial charge in [-0.1, -0.05) is 70.2 Å². The van der Waals surface area contributed by atoms with Gasteiger partial charge >= 0.3 is 0 Å². The average molecular weight is 505 g/mol. The van der Waals surface area contributed by atoms with E-state index < -0.39 is 5.60 Å². The molecule has 5 rings (SSSR count). The van der Waals surface area contributed by atoms with Crippen molar-refractivity contribution in [2.24, 2.45) is 11.8 Å². The summed E-state index contributed by atoms with van der Waals surface area (Å²) in [7, 11) is 0. The number of anilines is 1. The lowest BCUT2D eigenvalue weighted by molar-refractivity contribution is -0.0803. The molecule has 3 heterocycles. The van der Waals surface area contributed by atoms with Crippen molar-refractivity contribution in [3.63, 3.8) is 0 Å². The Hall–Kier alpha value is -2.87. The van der Waals surface area contributed by atoms with Crippen LogP contribution in [0, 0.1) is 11.8 Å². The molecule has 0 aliphatic carbocycles.